The summed E-state index contributed by atoms with van der Waals surface area (Å²) in [6.07, 6.45) is 4.58. The number of carbonyl (C=O) groups excluding carboxylic acids is 1. The van der Waals surface area contributed by atoms with Gasteiger partial charge >= 0.3 is 0 Å². The molecule has 1 aromatic carbocycles. The van der Waals surface area contributed by atoms with Crippen LogP contribution in [0.15, 0.2) is 63.7 Å². The first kappa shape index (κ1) is 20.2. The van der Waals surface area contributed by atoms with Crippen molar-refractivity contribution in [3.8, 4) is 17.2 Å². The van der Waals surface area contributed by atoms with E-state index in [1.165, 1.54) is 0 Å². The zero-order valence-electron chi connectivity index (χ0n) is 18.6. The predicted octanol–water partition coefficient (Wildman–Crippen LogP) is 3.44. The second-order valence-electron chi connectivity index (χ2n) is 9.21. The molecule has 3 aliphatic heterocycles. The van der Waals surface area contributed by atoms with E-state index in [0.29, 0.717) is 18.5 Å². The molecule has 32 heavy (non-hydrogen) atoms. The highest BCUT2D eigenvalue weighted by molar-refractivity contribution is 6.00. The molecule has 1 aromatic heterocycles. The molecule has 3 aliphatic rings. The molecule has 1 amide bonds. The topological polar surface area (TPSA) is 107 Å². The molecule has 4 heterocycles. The first-order valence-corrected chi connectivity index (χ1v) is 10.8. The fourth-order valence-corrected chi connectivity index (χ4v) is 5.34. The van der Waals surface area contributed by atoms with Crippen molar-refractivity contribution in [2.45, 2.75) is 50.7 Å². The molecule has 0 radical (unpaired) electrons. The van der Waals surface area contributed by atoms with Crippen molar-refractivity contribution in [1.29, 1.82) is 5.26 Å². The Hall–Kier alpha value is -3.73. The lowest BCUT2D eigenvalue weighted by molar-refractivity contribution is -0.120. The lowest BCUT2D eigenvalue weighted by Crippen LogP contribution is -2.58. The molecule has 2 N–H and O–H groups in total. The number of rotatable bonds is 3. The largest absolute Gasteiger partial charge is 0.362 e. The number of aryl methyl sites for hydroxylation is 1. The third-order valence-electron chi connectivity index (χ3n) is 6.74. The monoisotopic (exact) mass is 427 g/mol. The number of azo groups is 1. The Bertz CT molecular complexity index is 1270. The molecule has 0 saturated carbocycles. The summed E-state index contributed by atoms with van der Waals surface area (Å²) >= 11 is 0. The van der Waals surface area contributed by atoms with Gasteiger partial charge in [-0.25, -0.2) is 0 Å². The first-order valence-electron chi connectivity index (χ1n) is 10.8. The van der Waals surface area contributed by atoms with E-state index in [2.05, 4.69) is 51.1 Å². The molecule has 2 atom stereocenters. The van der Waals surface area contributed by atoms with E-state index in [1.54, 1.807) is 24.1 Å². The van der Waals surface area contributed by atoms with Crippen LogP contribution < -0.4 is 10.6 Å². The highest BCUT2D eigenvalue weighted by atomic mass is 16.2. The van der Waals surface area contributed by atoms with Crippen LogP contribution in [0.1, 0.15) is 44.9 Å². The number of nitrogens with zero attached hydrogens (tertiary/aromatic N) is 5. The van der Waals surface area contributed by atoms with Crippen LogP contribution in [0, 0.1) is 11.3 Å². The fraction of sp³-hybridized carbons (Fsp3) is 0.375. The Labute approximate surface area is 186 Å². The summed E-state index contributed by atoms with van der Waals surface area (Å²) in [6, 6.07) is 10.3. The Kier molecular flexibility index (Phi) is 4.35. The van der Waals surface area contributed by atoms with Gasteiger partial charge in [0.05, 0.1) is 23.4 Å². The summed E-state index contributed by atoms with van der Waals surface area (Å²) in [4.78, 5) is 13.5. The minimum Gasteiger partial charge on any atom is -0.362 e. The number of carbonyl (C=O) groups is 1. The van der Waals surface area contributed by atoms with Gasteiger partial charge in [-0.1, -0.05) is 25.1 Å². The van der Waals surface area contributed by atoms with Crippen LogP contribution in [0.5, 0.6) is 0 Å². The van der Waals surface area contributed by atoms with Gasteiger partial charge in [0.1, 0.15) is 11.8 Å². The standard InChI is InChI=1S/C24H25N7O/c1-5-24(15-8-6-7-14(9-15)16-12-27-31(4)19(16)11-25)17-13-26-30-21(17)28-18-10-23(2,3)29-22(32)20(18)24/h6-9,12-13,21,28H,5,10H2,1-4H3,(H,29,32)/t21?,24-/m0/s1. The van der Waals surface area contributed by atoms with Crippen LogP contribution in [0.3, 0.4) is 0 Å². The van der Waals surface area contributed by atoms with Crippen molar-refractivity contribution in [3.63, 3.8) is 0 Å². The van der Waals surface area contributed by atoms with Gasteiger partial charge in [0, 0.05) is 35.8 Å². The lowest BCUT2D eigenvalue weighted by atomic mass is 9.62. The second kappa shape index (κ2) is 6.89. The van der Waals surface area contributed by atoms with Gasteiger partial charge in [-0.2, -0.15) is 20.6 Å². The van der Waals surface area contributed by atoms with E-state index in [9.17, 15) is 10.1 Å². The van der Waals surface area contributed by atoms with Crippen LogP contribution in [0.4, 0.5) is 0 Å². The van der Waals surface area contributed by atoms with Gasteiger partial charge in [-0.3, -0.25) is 9.48 Å². The number of nitrogens with one attached hydrogen (secondary N) is 2. The highest BCUT2D eigenvalue weighted by Gasteiger charge is 2.53. The number of benzene rings is 1. The Morgan fingerprint density at radius 1 is 1.34 bits per heavy atom. The van der Waals surface area contributed by atoms with E-state index in [1.807, 2.05) is 26.0 Å². The van der Waals surface area contributed by atoms with Gasteiger partial charge in [-0.05, 0) is 37.5 Å². The molecular weight excluding hydrogens is 402 g/mol. The quantitative estimate of drug-likeness (QED) is 0.782. The summed E-state index contributed by atoms with van der Waals surface area (Å²) in [5, 5.41) is 29.1. The van der Waals surface area contributed by atoms with Crippen LogP contribution in [0.2, 0.25) is 0 Å². The third-order valence-corrected chi connectivity index (χ3v) is 6.74. The molecule has 5 rings (SSSR count). The molecule has 0 spiro atoms. The zero-order valence-corrected chi connectivity index (χ0v) is 18.6. The van der Waals surface area contributed by atoms with E-state index in [0.717, 1.165) is 33.5 Å². The Balaban J connectivity index is 1.75. The highest BCUT2D eigenvalue weighted by Crippen LogP contribution is 2.51. The summed E-state index contributed by atoms with van der Waals surface area (Å²) in [7, 11) is 1.76. The summed E-state index contributed by atoms with van der Waals surface area (Å²) < 4.78 is 1.58. The molecule has 2 aromatic rings. The number of amides is 1. The molecule has 0 aliphatic carbocycles. The Morgan fingerprint density at radius 3 is 2.91 bits per heavy atom. The van der Waals surface area contributed by atoms with Gasteiger partial charge in [0.15, 0.2) is 6.17 Å². The third kappa shape index (κ3) is 2.74. The van der Waals surface area contributed by atoms with Crippen LogP contribution in [0.25, 0.3) is 11.1 Å². The first-order chi connectivity index (χ1) is 15.3. The predicted molar refractivity (Wildman–Crippen MR) is 119 cm³/mol. The zero-order chi connectivity index (χ0) is 22.7. The van der Waals surface area contributed by atoms with Gasteiger partial charge in [0.25, 0.3) is 5.91 Å². The van der Waals surface area contributed by atoms with Crippen molar-refractivity contribution < 1.29 is 4.79 Å². The maximum absolute atomic E-state index is 13.5. The summed E-state index contributed by atoms with van der Waals surface area (Å²) in [5.74, 6) is -0.0682. The second-order valence-corrected chi connectivity index (χ2v) is 9.21. The molecule has 0 bridgehead atoms. The normalized spacial score (nSPS) is 25.4. The molecular formula is C24H25N7O. The smallest absolute Gasteiger partial charge is 0.250 e. The molecule has 8 heteroatoms. The maximum atomic E-state index is 13.5. The summed E-state index contributed by atoms with van der Waals surface area (Å²) in [5.41, 5.74) is 4.76. The van der Waals surface area contributed by atoms with E-state index in [-0.39, 0.29) is 17.6 Å². The van der Waals surface area contributed by atoms with Gasteiger partial charge < -0.3 is 10.6 Å². The Morgan fingerprint density at radius 2 is 2.16 bits per heavy atom. The van der Waals surface area contributed by atoms with Crippen molar-refractivity contribution in [2.75, 3.05) is 0 Å². The van der Waals surface area contributed by atoms with Crippen LogP contribution in [-0.2, 0) is 17.3 Å². The minimum atomic E-state index is -0.666. The fourth-order valence-electron chi connectivity index (χ4n) is 5.34. The minimum absolute atomic E-state index is 0.0682. The van der Waals surface area contributed by atoms with Crippen molar-refractivity contribution in [2.24, 2.45) is 17.3 Å². The molecule has 1 unspecified atom stereocenters. The number of aromatic nitrogens is 2. The van der Waals surface area contributed by atoms with E-state index in [4.69, 9.17) is 0 Å². The average Bonchev–Trinajstić information content (AvgIpc) is 3.37. The maximum Gasteiger partial charge on any atom is 0.250 e. The van der Waals surface area contributed by atoms with E-state index >= 15 is 0 Å². The lowest BCUT2D eigenvalue weighted by Gasteiger charge is -2.48. The number of hydrogen-bond donors (Lipinski definition) is 2. The van der Waals surface area contributed by atoms with Crippen molar-refractivity contribution in [1.82, 2.24) is 20.4 Å². The van der Waals surface area contributed by atoms with Crippen molar-refractivity contribution >= 4 is 5.91 Å². The molecule has 162 valence electrons. The van der Waals surface area contributed by atoms with Crippen molar-refractivity contribution in [3.05, 3.63) is 64.8 Å². The number of hydrogen-bond acceptors (Lipinski definition) is 6. The number of nitriles is 1. The van der Waals surface area contributed by atoms with Gasteiger partial charge in [-0.15, -0.1) is 0 Å². The van der Waals surface area contributed by atoms with Crippen LogP contribution in [-0.4, -0.2) is 27.4 Å². The molecule has 0 fully saturated rings. The van der Waals surface area contributed by atoms with Gasteiger partial charge in [0.2, 0.25) is 0 Å². The van der Waals surface area contributed by atoms with E-state index < -0.39 is 5.41 Å². The molecule has 8 nitrogen and oxygen atoms in total. The van der Waals surface area contributed by atoms with Crippen LogP contribution >= 0.6 is 0 Å². The average molecular weight is 428 g/mol. The molecule has 0 saturated heterocycles. The number of fused-ring (bicyclic) bond motifs is 1. The SMILES string of the molecule is CC[C@]1(c2cccc(-c3cnn(C)c3C#N)c2)C2=CN=NC2NC2=C1C(=O)NC(C)(C)C2. The summed E-state index contributed by atoms with van der Waals surface area (Å²) in [6.45, 7) is 6.15.